The molecule has 0 amide bonds. The largest absolute Gasteiger partial charge is 0.417 e. The minimum atomic E-state index is -4.46. The summed E-state index contributed by atoms with van der Waals surface area (Å²) in [5.74, 6) is 1.21. The van der Waals surface area contributed by atoms with Gasteiger partial charge in [-0.15, -0.1) is 0 Å². The Morgan fingerprint density at radius 2 is 1.65 bits per heavy atom. The molecule has 1 unspecified atom stereocenters. The number of hydrogen-bond donors (Lipinski definition) is 1. The predicted molar refractivity (Wildman–Crippen MR) is 130 cm³/mol. The molecule has 0 radical (unpaired) electrons. The third kappa shape index (κ3) is 4.39. The van der Waals surface area contributed by atoms with Crippen LogP contribution in [0.4, 0.5) is 24.7 Å². The minimum absolute atomic E-state index is 0.0643. The zero-order valence-corrected chi connectivity index (χ0v) is 19.1. The van der Waals surface area contributed by atoms with E-state index in [0.29, 0.717) is 17.3 Å². The number of nitrogens with one attached hydrogen (secondary N) is 1. The van der Waals surface area contributed by atoms with Crippen LogP contribution in [0.2, 0.25) is 0 Å². The summed E-state index contributed by atoms with van der Waals surface area (Å²) in [7, 11) is 0. The monoisotopic (exact) mass is 464 g/mol. The molecule has 3 aromatic rings. The van der Waals surface area contributed by atoms with Crippen LogP contribution >= 0.6 is 0 Å². The first-order valence-corrected chi connectivity index (χ1v) is 11.8. The topological polar surface area (TPSA) is 40.5 Å². The maximum Gasteiger partial charge on any atom is 0.417 e. The van der Waals surface area contributed by atoms with E-state index in [2.05, 4.69) is 28.2 Å². The Kier molecular flexibility index (Phi) is 6.02. The first-order chi connectivity index (χ1) is 16.4. The second-order valence-corrected chi connectivity index (χ2v) is 8.80. The van der Waals surface area contributed by atoms with Gasteiger partial charge in [-0.05, 0) is 43.4 Å². The zero-order chi connectivity index (χ0) is 23.7. The van der Waals surface area contributed by atoms with E-state index >= 15 is 0 Å². The molecule has 2 aliphatic heterocycles. The van der Waals surface area contributed by atoms with E-state index in [1.165, 1.54) is 18.6 Å². The fourth-order valence-corrected chi connectivity index (χ4v) is 4.84. The first-order valence-electron chi connectivity index (χ1n) is 11.8. The van der Waals surface area contributed by atoms with E-state index in [-0.39, 0.29) is 11.6 Å². The van der Waals surface area contributed by atoms with Crippen LogP contribution in [0.25, 0.3) is 11.3 Å². The third-order valence-electron chi connectivity index (χ3n) is 6.53. The van der Waals surface area contributed by atoms with Gasteiger partial charge < -0.3 is 10.2 Å². The standard InChI is InChI=1S/C27H27F3N4/c1-2-23-19-10-4-5-11-20(19)26(32-23)33-25-17-18(34-14-8-3-9-15-34)16-24(31-25)21-12-6-7-13-22(21)27(28,29)30/h4-7,10-13,16-17,23H,2-3,8-9,14-15H2,1H3,(H,31,32,33). The average Bonchev–Trinajstić information content (AvgIpc) is 3.21. The van der Waals surface area contributed by atoms with Crippen molar-refractivity contribution < 1.29 is 13.2 Å². The van der Waals surface area contributed by atoms with Crippen molar-refractivity contribution in [3.63, 3.8) is 0 Å². The van der Waals surface area contributed by atoms with Crippen molar-refractivity contribution >= 4 is 17.3 Å². The van der Waals surface area contributed by atoms with Crippen LogP contribution in [0.3, 0.4) is 0 Å². The quantitative estimate of drug-likeness (QED) is 0.448. The number of aliphatic imine (C=N–C) groups is 1. The van der Waals surface area contributed by atoms with Crippen molar-refractivity contribution in [1.29, 1.82) is 0 Å². The average molecular weight is 465 g/mol. The summed E-state index contributed by atoms with van der Waals surface area (Å²) >= 11 is 0. The van der Waals surface area contributed by atoms with Crippen molar-refractivity contribution in [2.75, 3.05) is 23.3 Å². The number of halogens is 3. The number of nitrogens with zero attached hydrogens (tertiary/aromatic N) is 3. The Hall–Kier alpha value is -3.35. The molecular weight excluding hydrogens is 437 g/mol. The maximum atomic E-state index is 13.8. The summed E-state index contributed by atoms with van der Waals surface area (Å²) in [5.41, 5.74) is 2.75. The number of amidine groups is 1. The number of piperidine rings is 1. The highest BCUT2D eigenvalue weighted by Gasteiger charge is 2.34. The van der Waals surface area contributed by atoms with Gasteiger partial charge in [0.1, 0.15) is 11.7 Å². The van der Waals surface area contributed by atoms with E-state index in [4.69, 9.17) is 4.99 Å². The molecule has 1 saturated heterocycles. The molecule has 2 aromatic carbocycles. The lowest BCUT2D eigenvalue weighted by Gasteiger charge is -2.29. The van der Waals surface area contributed by atoms with Gasteiger partial charge >= 0.3 is 6.18 Å². The molecule has 1 fully saturated rings. The number of benzene rings is 2. The molecular formula is C27H27F3N4. The molecule has 34 heavy (non-hydrogen) atoms. The molecule has 1 atom stereocenters. The molecule has 5 rings (SSSR count). The van der Waals surface area contributed by atoms with Crippen molar-refractivity contribution in [2.45, 2.75) is 44.8 Å². The Bertz CT molecular complexity index is 1210. The Labute approximate surface area is 197 Å². The number of fused-ring (bicyclic) bond motifs is 1. The Morgan fingerprint density at radius 3 is 2.38 bits per heavy atom. The van der Waals surface area contributed by atoms with Crippen LogP contribution in [-0.2, 0) is 6.18 Å². The molecule has 4 nitrogen and oxygen atoms in total. The molecule has 0 aliphatic carbocycles. The van der Waals surface area contributed by atoms with Crippen LogP contribution in [-0.4, -0.2) is 23.9 Å². The van der Waals surface area contributed by atoms with Gasteiger partial charge in [-0.3, -0.25) is 4.99 Å². The molecule has 0 saturated carbocycles. The van der Waals surface area contributed by atoms with E-state index < -0.39 is 11.7 Å². The molecule has 176 valence electrons. The number of aromatic nitrogens is 1. The van der Waals surface area contributed by atoms with Crippen LogP contribution < -0.4 is 10.2 Å². The highest BCUT2D eigenvalue weighted by Crippen LogP contribution is 2.38. The Morgan fingerprint density at radius 1 is 0.941 bits per heavy atom. The molecule has 3 heterocycles. The lowest BCUT2D eigenvalue weighted by Crippen LogP contribution is -2.29. The van der Waals surface area contributed by atoms with Crippen molar-refractivity contribution in [3.05, 3.63) is 77.4 Å². The second-order valence-electron chi connectivity index (χ2n) is 8.80. The molecule has 0 bridgehead atoms. The molecule has 1 N–H and O–H groups in total. The van der Waals surface area contributed by atoms with Crippen LogP contribution in [0.15, 0.2) is 65.7 Å². The highest BCUT2D eigenvalue weighted by molar-refractivity contribution is 6.11. The van der Waals surface area contributed by atoms with Gasteiger partial charge in [0.25, 0.3) is 0 Å². The molecule has 1 aromatic heterocycles. The van der Waals surface area contributed by atoms with Gasteiger partial charge in [-0.2, -0.15) is 13.2 Å². The zero-order valence-electron chi connectivity index (χ0n) is 19.1. The van der Waals surface area contributed by atoms with E-state index in [1.807, 2.05) is 24.3 Å². The maximum absolute atomic E-state index is 13.8. The van der Waals surface area contributed by atoms with Gasteiger partial charge in [0, 0.05) is 36.0 Å². The van der Waals surface area contributed by atoms with Crippen molar-refractivity contribution in [2.24, 2.45) is 4.99 Å². The van der Waals surface area contributed by atoms with Crippen LogP contribution in [0, 0.1) is 0 Å². The van der Waals surface area contributed by atoms with E-state index in [9.17, 15) is 13.2 Å². The van der Waals surface area contributed by atoms with Crippen LogP contribution in [0.1, 0.15) is 55.3 Å². The van der Waals surface area contributed by atoms with Gasteiger partial charge in [0.2, 0.25) is 0 Å². The second kappa shape index (κ2) is 9.12. The number of hydrogen-bond acceptors (Lipinski definition) is 4. The first kappa shape index (κ1) is 22.4. The normalized spacial score (nSPS) is 17.9. The number of anilines is 2. The number of pyridine rings is 1. The van der Waals surface area contributed by atoms with Crippen molar-refractivity contribution in [1.82, 2.24) is 4.98 Å². The van der Waals surface area contributed by atoms with E-state index in [1.54, 1.807) is 12.1 Å². The van der Waals surface area contributed by atoms with Crippen LogP contribution in [0.5, 0.6) is 0 Å². The lowest BCUT2D eigenvalue weighted by atomic mass is 10.0. The Balaban J connectivity index is 1.59. The lowest BCUT2D eigenvalue weighted by molar-refractivity contribution is -0.137. The van der Waals surface area contributed by atoms with Gasteiger partial charge in [0.15, 0.2) is 0 Å². The SMILES string of the molecule is CCC1N=C(Nc2cc(N3CCCCC3)cc(-c3ccccc3C(F)(F)F)n2)c2ccccc21. The highest BCUT2D eigenvalue weighted by atomic mass is 19.4. The summed E-state index contributed by atoms with van der Waals surface area (Å²) in [4.78, 5) is 11.7. The van der Waals surface area contributed by atoms with Gasteiger partial charge in [-0.1, -0.05) is 49.4 Å². The van der Waals surface area contributed by atoms with Gasteiger partial charge in [0.05, 0.1) is 17.3 Å². The van der Waals surface area contributed by atoms with Gasteiger partial charge in [-0.25, -0.2) is 4.98 Å². The van der Waals surface area contributed by atoms with Crippen molar-refractivity contribution in [3.8, 4) is 11.3 Å². The predicted octanol–water partition coefficient (Wildman–Crippen LogP) is 7.08. The summed E-state index contributed by atoms with van der Waals surface area (Å²) < 4.78 is 41.4. The molecule has 2 aliphatic rings. The summed E-state index contributed by atoms with van der Waals surface area (Å²) in [6.45, 7) is 3.85. The molecule has 7 heteroatoms. The fraction of sp³-hybridized carbons (Fsp3) is 0.333. The summed E-state index contributed by atoms with van der Waals surface area (Å²) in [6.07, 6.45) is -0.290. The number of alkyl halides is 3. The third-order valence-corrected chi connectivity index (χ3v) is 6.53. The summed E-state index contributed by atoms with van der Waals surface area (Å²) in [5, 5.41) is 3.34. The minimum Gasteiger partial charge on any atom is -0.371 e. The molecule has 0 spiro atoms. The van der Waals surface area contributed by atoms with E-state index in [0.717, 1.165) is 55.2 Å². The fourth-order valence-electron chi connectivity index (χ4n) is 4.84. The summed E-state index contributed by atoms with van der Waals surface area (Å²) in [6, 6.07) is 17.5. The smallest absolute Gasteiger partial charge is 0.371 e. The number of rotatable bonds is 4.